The third-order valence-corrected chi connectivity index (χ3v) is 10.1. The quantitative estimate of drug-likeness (QED) is 0.371. The molecule has 5 heterocycles. The monoisotopic (exact) mass is 595 g/mol. The Morgan fingerprint density at radius 3 is 2.55 bits per heavy atom. The molecule has 0 bridgehead atoms. The molecule has 0 aliphatic carbocycles. The van der Waals surface area contributed by atoms with Crippen LogP contribution in [-0.2, 0) is 21.3 Å². The minimum atomic E-state index is -5.37. The zero-order valence-corrected chi connectivity index (χ0v) is 23.5. The third-order valence-electron chi connectivity index (χ3n) is 7.48. The van der Waals surface area contributed by atoms with Gasteiger partial charge in [0.1, 0.15) is 0 Å². The number of nitrogens with zero attached hydrogens (tertiary/aromatic N) is 6. The van der Waals surface area contributed by atoms with Gasteiger partial charge in [0.2, 0.25) is 0 Å². The van der Waals surface area contributed by atoms with Crippen molar-refractivity contribution in [1.82, 2.24) is 29.4 Å². The Morgan fingerprint density at radius 1 is 1.12 bits per heavy atom. The largest absolute Gasteiger partial charge is 0.511 e. The van der Waals surface area contributed by atoms with Gasteiger partial charge in [0.25, 0.3) is 0 Å². The van der Waals surface area contributed by atoms with Gasteiger partial charge < -0.3 is 9.64 Å². The molecule has 6 rings (SSSR count). The molecule has 15 heteroatoms. The first-order valence-corrected chi connectivity index (χ1v) is 15.2. The van der Waals surface area contributed by atoms with Crippen molar-refractivity contribution in [1.29, 1.82) is 0 Å². The number of morpholine rings is 1. The standard InChI is InChI=1S/C25H28F3N7O3S2/c1-15-12-34(40(36,37)25(26,27)28)13-16(2)35(15)14-17-10-21-22(39-17)24(33-6-8-38-9-7-33)31-23(30-21)18-4-3-5-20-19(18)11-29-32-20/h3-5,10-11,15-16H,6-9,12-14H2,1-2H3,(H,29,32)/t15-,16+. The fourth-order valence-corrected chi connectivity index (χ4v) is 7.70. The first-order chi connectivity index (χ1) is 19.0. The predicted molar refractivity (Wildman–Crippen MR) is 147 cm³/mol. The van der Waals surface area contributed by atoms with Crippen LogP contribution in [0.3, 0.4) is 0 Å². The number of aromatic nitrogens is 4. The fourth-order valence-electron chi connectivity index (χ4n) is 5.46. The fraction of sp³-hybridized carbons (Fsp3) is 0.480. The van der Waals surface area contributed by atoms with Gasteiger partial charge in [-0.3, -0.25) is 10.00 Å². The lowest BCUT2D eigenvalue weighted by Gasteiger charge is -2.43. The molecule has 2 saturated heterocycles. The second-order valence-electron chi connectivity index (χ2n) is 10.2. The minimum Gasteiger partial charge on any atom is -0.378 e. The van der Waals surface area contributed by atoms with Crippen molar-refractivity contribution in [3.63, 3.8) is 0 Å². The van der Waals surface area contributed by atoms with E-state index in [9.17, 15) is 21.6 Å². The number of alkyl halides is 3. The highest BCUT2D eigenvalue weighted by Crippen LogP contribution is 2.37. The summed E-state index contributed by atoms with van der Waals surface area (Å²) in [5, 5.41) is 8.06. The van der Waals surface area contributed by atoms with Crippen LogP contribution in [0, 0.1) is 0 Å². The van der Waals surface area contributed by atoms with Gasteiger partial charge in [-0.05, 0) is 26.0 Å². The number of hydrogen-bond acceptors (Lipinski definition) is 9. The Bertz CT molecular complexity index is 1640. The van der Waals surface area contributed by atoms with Crippen LogP contribution in [0.15, 0.2) is 30.5 Å². The van der Waals surface area contributed by atoms with Crippen molar-refractivity contribution in [2.45, 2.75) is 38.0 Å². The molecule has 2 atom stereocenters. The molecule has 10 nitrogen and oxygen atoms in total. The van der Waals surface area contributed by atoms with Crippen molar-refractivity contribution in [2.75, 3.05) is 44.3 Å². The molecular weight excluding hydrogens is 567 g/mol. The van der Waals surface area contributed by atoms with E-state index in [1.165, 1.54) is 0 Å². The average Bonchev–Trinajstić information content (AvgIpc) is 3.56. The van der Waals surface area contributed by atoms with Crippen molar-refractivity contribution in [3.8, 4) is 11.4 Å². The Morgan fingerprint density at radius 2 is 1.85 bits per heavy atom. The van der Waals surface area contributed by atoms with Crippen molar-refractivity contribution in [2.24, 2.45) is 0 Å². The zero-order valence-electron chi connectivity index (χ0n) is 21.8. The number of halogens is 3. The number of nitrogens with one attached hydrogen (secondary N) is 1. The molecule has 214 valence electrons. The van der Waals surface area contributed by atoms with E-state index in [1.807, 2.05) is 29.2 Å². The molecule has 2 aliphatic heterocycles. The van der Waals surface area contributed by atoms with Crippen LogP contribution in [0.25, 0.3) is 32.5 Å². The minimum absolute atomic E-state index is 0.227. The van der Waals surface area contributed by atoms with Gasteiger partial charge in [-0.1, -0.05) is 12.1 Å². The smallest absolute Gasteiger partial charge is 0.378 e. The Labute approximate surface area is 232 Å². The molecule has 0 amide bonds. The number of ether oxygens (including phenoxy) is 1. The van der Waals surface area contributed by atoms with E-state index in [0.29, 0.717) is 43.0 Å². The molecule has 3 aromatic heterocycles. The van der Waals surface area contributed by atoms with Gasteiger partial charge in [0, 0.05) is 60.6 Å². The molecular formula is C25H28F3N7O3S2. The molecule has 4 aromatic rings. The lowest BCUT2D eigenvalue weighted by atomic mass is 10.1. The van der Waals surface area contributed by atoms with Crippen LogP contribution in [0.2, 0.25) is 0 Å². The van der Waals surface area contributed by atoms with Crippen LogP contribution in [0.5, 0.6) is 0 Å². The van der Waals surface area contributed by atoms with Crippen molar-refractivity contribution < 1.29 is 26.3 Å². The Hall–Kier alpha value is -2.85. The number of rotatable bonds is 5. The van der Waals surface area contributed by atoms with Gasteiger partial charge in [-0.15, -0.1) is 11.3 Å². The number of anilines is 1. The lowest BCUT2D eigenvalue weighted by molar-refractivity contribution is -0.0523. The summed E-state index contributed by atoms with van der Waals surface area (Å²) in [5.74, 6) is 1.40. The zero-order chi connectivity index (χ0) is 28.2. The molecule has 0 spiro atoms. The molecule has 2 aliphatic rings. The van der Waals surface area contributed by atoms with E-state index in [1.54, 1.807) is 31.4 Å². The number of piperazine rings is 1. The van der Waals surface area contributed by atoms with Crippen LogP contribution < -0.4 is 4.90 Å². The van der Waals surface area contributed by atoms with Crippen molar-refractivity contribution in [3.05, 3.63) is 35.3 Å². The van der Waals surface area contributed by atoms with Crippen LogP contribution in [0.4, 0.5) is 19.0 Å². The number of benzene rings is 1. The van der Waals surface area contributed by atoms with Gasteiger partial charge >= 0.3 is 15.5 Å². The summed E-state index contributed by atoms with van der Waals surface area (Å²) in [6.45, 7) is 6.08. The molecule has 0 saturated carbocycles. The summed E-state index contributed by atoms with van der Waals surface area (Å²) in [6.07, 6.45) is 1.76. The first-order valence-electron chi connectivity index (χ1n) is 12.9. The summed E-state index contributed by atoms with van der Waals surface area (Å²) >= 11 is 1.56. The average molecular weight is 596 g/mol. The normalized spacial score (nSPS) is 22.0. The summed E-state index contributed by atoms with van der Waals surface area (Å²) in [5.41, 5.74) is -2.78. The van der Waals surface area contributed by atoms with E-state index >= 15 is 0 Å². The maximum absolute atomic E-state index is 13.2. The summed E-state index contributed by atoms with van der Waals surface area (Å²) in [7, 11) is -5.37. The molecule has 1 aromatic carbocycles. The number of aromatic amines is 1. The van der Waals surface area contributed by atoms with E-state index in [2.05, 4.69) is 15.1 Å². The maximum Gasteiger partial charge on any atom is 0.511 e. The summed E-state index contributed by atoms with van der Waals surface area (Å²) in [6, 6.07) is 7.02. The highest BCUT2D eigenvalue weighted by atomic mass is 32.2. The SMILES string of the molecule is C[C@@H]1CN(S(=O)(=O)C(F)(F)F)C[C@H](C)N1Cc1cc2nc(-c3cccc4[nH]ncc34)nc(N3CCOCC3)c2s1. The molecule has 1 N–H and O–H groups in total. The van der Waals surface area contributed by atoms with E-state index in [0.717, 1.165) is 37.4 Å². The van der Waals surface area contributed by atoms with Crippen molar-refractivity contribution >= 4 is 48.3 Å². The highest BCUT2D eigenvalue weighted by Gasteiger charge is 2.52. The van der Waals surface area contributed by atoms with E-state index in [4.69, 9.17) is 14.7 Å². The first kappa shape index (κ1) is 27.3. The molecule has 0 radical (unpaired) electrons. The Balaban J connectivity index is 1.35. The molecule has 0 unspecified atom stereocenters. The Kier molecular flexibility index (Phi) is 6.97. The number of fused-ring (bicyclic) bond motifs is 2. The molecule has 40 heavy (non-hydrogen) atoms. The second-order valence-corrected chi connectivity index (χ2v) is 13.2. The lowest BCUT2D eigenvalue weighted by Crippen LogP contribution is -2.59. The topological polar surface area (TPSA) is 108 Å². The van der Waals surface area contributed by atoms with E-state index < -0.39 is 27.6 Å². The summed E-state index contributed by atoms with van der Waals surface area (Å²) < 4.78 is 70.6. The predicted octanol–water partition coefficient (Wildman–Crippen LogP) is 3.82. The summed E-state index contributed by atoms with van der Waals surface area (Å²) in [4.78, 5) is 15.1. The van der Waals surface area contributed by atoms with Crippen LogP contribution in [-0.4, -0.2) is 94.8 Å². The van der Waals surface area contributed by atoms with Gasteiger partial charge in [0.05, 0.1) is 35.1 Å². The maximum atomic E-state index is 13.2. The van der Waals surface area contributed by atoms with Gasteiger partial charge in [-0.2, -0.15) is 22.6 Å². The van der Waals surface area contributed by atoms with E-state index in [-0.39, 0.29) is 13.1 Å². The number of sulfonamides is 1. The molecule has 2 fully saturated rings. The third kappa shape index (κ3) is 4.83. The van der Waals surface area contributed by atoms with Crippen LogP contribution >= 0.6 is 11.3 Å². The number of H-pyrrole nitrogens is 1. The number of thiophene rings is 1. The van der Waals surface area contributed by atoms with Crippen LogP contribution in [0.1, 0.15) is 18.7 Å². The number of hydrogen-bond donors (Lipinski definition) is 1. The van der Waals surface area contributed by atoms with Gasteiger partial charge in [-0.25, -0.2) is 18.4 Å². The second kappa shape index (κ2) is 10.2. The highest BCUT2D eigenvalue weighted by molar-refractivity contribution is 7.90. The van der Waals surface area contributed by atoms with Gasteiger partial charge in [0.15, 0.2) is 11.6 Å².